The quantitative estimate of drug-likeness (QED) is 0.774. The fourth-order valence-electron chi connectivity index (χ4n) is 2.67. The first kappa shape index (κ1) is 18.4. The average Bonchev–Trinajstić information content (AvgIpc) is 2.82. The maximum absolute atomic E-state index is 12.4. The van der Waals surface area contributed by atoms with Crippen LogP contribution < -0.4 is 0 Å². The molecule has 1 aromatic carbocycles. The molecule has 0 radical (unpaired) electrons. The van der Waals surface area contributed by atoms with Crippen LogP contribution >= 0.6 is 0 Å². The monoisotopic (exact) mass is 353 g/mol. The number of sulfone groups is 1. The summed E-state index contributed by atoms with van der Waals surface area (Å²) < 4.78 is 28.1. The Balaban J connectivity index is 1.99. The largest absolute Gasteiger partial charge is 0.449 e. The number of carbonyl (C=O) groups excluding carboxylic acids is 2. The minimum absolute atomic E-state index is 0.132. The van der Waals surface area contributed by atoms with E-state index >= 15 is 0 Å². The van der Waals surface area contributed by atoms with Gasteiger partial charge in [-0.1, -0.05) is 12.8 Å². The van der Waals surface area contributed by atoms with Crippen molar-refractivity contribution in [3.8, 4) is 0 Å². The van der Waals surface area contributed by atoms with Crippen LogP contribution in [0.3, 0.4) is 0 Å². The summed E-state index contributed by atoms with van der Waals surface area (Å²) in [4.78, 5) is 26.4. The second kappa shape index (κ2) is 7.79. The van der Waals surface area contributed by atoms with E-state index < -0.39 is 21.9 Å². The number of hydrogen-bond acceptors (Lipinski definition) is 5. The third kappa shape index (κ3) is 4.80. The third-order valence-corrected chi connectivity index (χ3v) is 5.20. The number of hydrogen-bond donors (Lipinski definition) is 0. The summed E-state index contributed by atoms with van der Waals surface area (Å²) in [6.45, 7) is 2.96. The van der Waals surface area contributed by atoms with E-state index in [2.05, 4.69) is 0 Å². The van der Waals surface area contributed by atoms with Crippen LogP contribution in [-0.2, 0) is 19.4 Å². The van der Waals surface area contributed by atoms with E-state index in [1.807, 2.05) is 0 Å². The van der Waals surface area contributed by atoms with Crippen molar-refractivity contribution in [2.45, 2.75) is 43.6 Å². The normalized spacial score (nSPS) is 17.0. The lowest BCUT2D eigenvalue weighted by atomic mass is 10.2. The Bertz CT molecular complexity index is 688. The minimum atomic E-state index is -3.31. The molecule has 1 aromatic rings. The van der Waals surface area contributed by atoms with Gasteiger partial charge >= 0.3 is 5.97 Å². The van der Waals surface area contributed by atoms with Gasteiger partial charge in [0.2, 0.25) is 0 Å². The van der Waals surface area contributed by atoms with E-state index in [9.17, 15) is 18.0 Å². The van der Waals surface area contributed by atoms with E-state index in [1.165, 1.54) is 24.3 Å². The van der Waals surface area contributed by atoms with Crippen LogP contribution in [0.25, 0.3) is 0 Å². The Morgan fingerprint density at radius 1 is 1.04 bits per heavy atom. The van der Waals surface area contributed by atoms with Crippen molar-refractivity contribution in [2.24, 2.45) is 0 Å². The lowest BCUT2D eigenvalue weighted by Gasteiger charge is -2.24. The van der Waals surface area contributed by atoms with E-state index in [0.717, 1.165) is 31.9 Å². The number of benzene rings is 1. The zero-order valence-corrected chi connectivity index (χ0v) is 14.8. The zero-order valence-electron chi connectivity index (χ0n) is 14.0. The number of nitrogens with zero attached hydrogens (tertiary/aromatic N) is 1. The molecule has 1 saturated heterocycles. The van der Waals surface area contributed by atoms with Gasteiger partial charge in [-0.3, -0.25) is 4.79 Å². The molecule has 7 heteroatoms. The van der Waals surface area contributed by atoms with Crippen molar-refractivity contribution >= 4 is 21.7 Å². The highest BCUT2D eigenvalue weighted by atomic mass is 32.2. The Hall–Kier alpha value is -1.89. The predicted molar refractivity (Wildman–Crippen MR) is 89.5 cm³/mol. The second-order valence-electron chi connectivity index (χ2n) is 6.08. The number of carbonyl (C=O) groups is 2. The topological polar surface area (TPSA) is 80.8 Å². The molecule has 0 bridgehead atoms. The molecule has 0 aliphatic carbocycles. The molecule has 0 spiro atoms. The van der Waals surface area contributed by atoms with Crippen LogP contribution in [0.15, 0.2) is 29.2 Å². The molecule has 0 unspecified atom stereocenters. The number of esters is 1. The first-order valence-electron chi connectivity index (χ1n) is 8.09. The summed E-state index contributed by atoms with van der Waals surface area (Å²) in [5.41, 5.74) is 0.220. The van der Waals surface area contributed by atoms with Crippen molar-refractivity contribution in [1.29, 1.82) is 0 Å². The third-order valence-electron chi connectivity index (χ3n) is 4.07. The Labute approximate surface area is 142 Å². The molecule has 1 aliphatic heterocycles. The smallest absolute Gasteiger partial charge is 0.338 e. The van der Waals surface area contributed by atoms with E-state index in [0.29, 0.717) is 13.1 Å². The minimum Gasteiger partial charge on any atom is -0.449 e. The van der Waals surface area contributed by atoms with Crippen molar-refractivity contribution in [3.05, 3.63) is 29.8 Å². The van der Waals surface area contributed by atoms with Gasteiger partial charge < -0.3 is 9.64 Å². The molecule has 1 aliphatic rings. The summed E-state index contributed by atoms with van der Waals surface area (Å²) >= 11 is 0. The SMILES string of the molecule is C[C@@H](OC(=O)c1ccc(S(C)(=O)=O)cc1)C(=O)N1CCCCCC1. The molecule has 6 nitrogen and oxygen atoms in total. The maximum atomic E-state index is 12.4. The predicted octanol–water partition coefficient (Wildman–Crippen LogP) is 2.04. The number of likely N-dealkylation sites (tertiary alicyclic amines) is 1. The van der Waals surface area contributed by atoms with Gasteiger partial charge in [-0.25, -0.2) is 13.2 Å². The lowest BCUT2D eigenvalue weighted by Crippen LogP contribution is -2.40. The highest BCUT2D eigenvalue weighted by Gasteiger charge is 2.25. The first-order chi connectivity index (χ1) is 11.3. The molecular formula is C17H23NO5S. The van der Waals surface area contributed by atoms with Crippen LogP contribution in [0.1, 0.15) is 43.0 Å². The number of rotatable bonds is 4. The first-order valence-corrected chi connectivity index (χ1v) is 9.98. The molecule has 132 valence electrons. The Morgan fingerprint density at radius 2 is 1.58 bits per heavy atom. The zero-order chi connectivity index (χ0) is 17.7. The van der Waals surface area contributed by atoms with Gasteiger partial charge in [0.25, 0.3) is 5.91 Å². The number of ether oxygens (including phenoxy) is 1. The maximum Gasteiger partial charge on any atom is 0.338 e. The van der Waals surface area contributed by atoms with E-state index in [-0.39, 0.29) is 16.4 Å². The van der Waals surface area contributed by atoms with Crippen LogP contribution in [0.5, 0.6) is 0 Å². The fraction of sp³-hybridized carbons (Fsp3) is 0.529. The molecule has 1 fully saturated rings. The van der Waals surface area contributed by atoms with Crippen molar-refractivity contribution in [2.75, 3.05) is 19.3 Å². The van der Waals surface area contributed by atoms with Crippen LogP contribution in [0.2, 0.25) is 0 Å². The Morgan fingerprint density at radius 3 is 2.08 bits per heavy atom. The summed E-state index contributed by atoms with van der Waals surface area (Å²) in [6.07, 6.45) is 4.42. The standard InChI is InChI=1S/C17H23NO5S/c1-13(16(19)18-11-5-3-4-6-12-18)23-17(20)14-7-9-15(10-8-14)24(2,21)22/h7-10,13H,3-6,11-12H2,1-2H3/t13-/m1/s1. The van der Waals surface area contributed by atoms with Gasteiger partial charge in [-0.2, -0.15) is 0 Å². The number of amides is 1. The molecule has 1 amide bonds. The van der Waals surface area contributed by atoms with Crippen molar-refractivity contribution in [1.82, 2.24) is 4.90 Å². The lowest BCUT2D eigenvalue weighted by molar-refractivity contribution is -0.139. The highest BCUT2D eigenvalue weighted by Crippen LogP contribution is 2.14. The molecular weight excluding hydrogens is 330 g/mol. The second-order valence-corrected chi connectivity index (χ2v) is 8.10. The van der Waals surface area contributed by atoms with Crippen LogP contribution in [0.4, 0.5) is 0 Å². The van der Waals surface area contributed by atoms with E-state index in [4.69, 9.17) is 4.74 Å². The van der Waals surface area contributed by atoms with Crippen molar-refractivity contribution < 1.29 is 22.7 Å². The molecule has 0 saturated carbocycles. The van der Waals surface area contributed by atoms with Gasteiger partial charge in [0.05, 0.1) is 10.5 Å². The van der Waals surface area contributed by atoms with Gasteiger partial charge in [-0.05, 0) is 44.0 Å². The summed E-state index contributed by atoms with van der Waals surface area (Å²) in [7, 11) is -3.31. The van der Waals surface area contributed by atoms with E-state index in [1.54, 1.807) is 11.8 Å². The molecule has 0 N–H and O–H groups in total. The average molecular weight is 353 g/mol. The van der Waals surface area contributed by atoms with Crippen LogP contribution in [-0.4, -0.2) is 50.6 Å². The summed E-state index contributed by atoms with van der Waals surface area (Å²) in [5, 5.41) is 0. The Kier molecular flexibility index (Phi) is 5.99. The molecule has 0 aromatic heterocycles. The van der Waals surface area contributed by atoms with Gasteiger partial charge in [0, 0.05) is 19.3 Å². The molecule has 24 heavy (non-hydrogen) atoms. The van der Waals surface area contributed by atoms with Crippen molar-refractivity contribution in [3.63, 3.8) is 0 Å². The molecule has 2 rings (SSSR count). The van der Waals surface area contributed by atoms with Gasteiger partial charge in [0.1, 0.15) is 0 Å². The summed E-state index contributed by atoms with van der Waals surface area (Å²) in [6, 6.07) is 5.49. The van der Waals surface area contributed by atoms with Gasteiger partial charge in [-0.15, -0.1) is 0 Å². The molecule has 1 heterocycles. The summed E-state index contributed by atoms with van der Waals surface area (Å²) in [5.74, 6) is -0.816. The van der Waals surface area contributed by atoms with Gasteiger partial charge in [0.15, 0.2) is 15.9 Å². The molecule has 1 atom stereocenters. The van der Waals surface area contributed by atoms with Crippen LogP contribution in [0, 0.1) is 0 Å². The highest BCUT2D eigenvalue weighted by molar-refractivity contribution is 7.90. The fourth-order valence-corrected chi connectivity index (χ4v) is 3.30.